The first kappa shape index (κ1) is 13.4. The lowest BCUT2D eigenvalue weighted by Crippen LogP contribution is -2.47. The SMILES string of the molecule is O=C(CN1CCCC1CO)N(C1CCCC1)C1CC1. The summed E-state index contributed by atoms with van der Waals surface area (Å²) in [7, 11) is 0. The Morgan fingerprint density at radius 3 is 2.37 bits per heavy atom. The maximum absolute atomic E-state index is 12.6. The van der Waals surface area contributed by atoms with E-state index in [0.717, 1.165) is 19.4 Å². The average Bonchev–Trinajstić information content (AvgIpc) is 2.91. The second kappa shape index (κ2) is 5.80. The minimum absolute atomic E-state index is 0.195. The zero-order valence-corrected chi connectivity index (χ0v) is 11.8. The van der Waals surface area contributed by atoms with Crippen molar-refractivity contribution in [1.82, 2.24) is 9.80 Å². The van der Waals surface area contributed by atoms with E-state index in [2.05, 4.69) is 9.80 Å². The summed E-state index contributed by atoms with van der Waals surface area (Å²) in [6.07, 6.45) is 9.52. The number of aliphatic hydroxyl groups excluding tert-OH is 1. The van der Waals surface area contributed by atoms with Crippen molar-refractivity contribution in [3.05, 3.63) is 0 Å². The summed E-state index contributed by atoms with van der Waals surface area (Å²) >= 11 is 0. The highest BCUT2D eigenvalue weighted by molar-refractivity contribution is 5.79. The molecule has 2 aliphatic carbocycles. The number of hydrogen-bond donors (Lipinski definition) is 1. The Balaban J connectivity index is 1.60. The molecule has 19 heavy (non-hydrogen) atoms. The first-order valence-electron chi connectivity index (χ1n) is 7.95. The van der Waals surface area contributed by atoms with Crippen molar-refractivity contribution in [3.63, 3.8) is 0 Å². The molecule has 0 aromatic carbocycles. The molecule has 1 saturated heterocycles. The molecule has 108 valence electrons. The van der Waals surface area contributed by atoms with Crippen LogP contribution in [0, 0.1) is 0 Å². The van der Waals surface area contributed by atoms with Crippen molar-refractivity contribution in [3.8, 4) is 0 Å². The molecule has 4 nitrogen and oxygen atoms in total. The molecule has 0 aromatic rings. The van der Waals surface area contributed by atoms with Gasteiger partial charge < -0.3 is 10.0 Å². The van der Waals surface area contributed by atoms with Gasteiger partial charge in [-0.1, -0.05) is 12.8 Å². The van der Waals surface area contributed by atoms with Crippen molar-refractivity contribution >= 4 is 5.91 Å². The zero-order chi connectivity index (χ0) is 13.2. The molecule has 3 fully saturated rings. The van der Waals surface area contributed by atoms with E-state index in [9.17, 15) is 9.90 Å². The Hall–Kier alpha value is -0.610. The molecular formula is C15H26N2O2. The number of aliphatic hydroxyl groups is 1. The van der Waals surface area contributed by atoms with Crippen LogP contribution in [0.15, 0.2) is 0 Å². The summed E-state index contributed by atoms with van der Waals surface area (Å²) in [6, 6.07) is 1.26. The minimum atomic E-state index is 0.195. The van der Waals surface area contributed by atoms with Crippen molar-refractivity contribution in [2.45, 2.75) is 69.5 Å². The van der Waals surface area contributed by atoms with Gasteiger partial charge in [0, 0.05) is 18.1 Å². The minimum Gasteiger partial charge on any atom is -0.395 e. The molecule has 0 aromatic heterocycles. The summed E-state index contributed by atoms with van der Waals surface area (Å²) in [5.74, 6) is 0.315. The molecule has 4 heteroatoms. The van der Waals surface area contributed by atoms with Crippen molar-refractivity contribution in [2.75, 3.05) is 19.7 Å². The summed E-state index contributed by atoms with van der Waals surface area (Å²) in [6.45, 7) is 1.69. The fraction of sp³-hybridized carbons (Fsp3) is 0.933. The van der Waals surface area contributed by atoms with Gasteiger partial charge in [-0.05, 0) is 45.1 Å². The molecule has 1 amide bonds. The molecule has 1 atom stereocenters. The normalized spacial score (nSPS) is 29.0. The van der Waals surface area contributed by atoms with Crippen LogP contribution in [-0.2, 0) is 4.79 Å². The second-order valence-corrected chi connectivity index (χ2v) is 6.42. The van der Waals surface area contributed by atoms with E-state index in [1.807, 2.05) is 0 Å². The van der Waals surface area contributed by atoms with Crippen molar-refractivity contribution in [2.24, 2.45) is 0 Å². The predicted octanol–water partition coefficient (Wildman–Crippen LogP) is 1.38. The first-order valence-corrected chi connectivity index (χ1v) is 7.95. The van der Waals surface area contributed by atoms with Crippen LogP contribution >= 0.6 is 0 Å². The summed E-state index contributed by atoms with van der Waals surface area (Å²) in [4.78, 5) is 17.0. The average molecular weight is 266 g/mol. The number of likely N-dealkylation sites (tertiary alicyclic amines) is 1. The number of carbonyl (C=O) groups is 1. The quantitative estimate of drug-likeness (QED) is 0.817. The van der Waals surface area contributed by atoms with Crippen molar-refractivity contribution in [1.29, 1.82) is 0 Å². The molecule has 3 aliphatic rings. The van der Waals surface area contributed by atoms with Crippen LogP contribution in [0.4, 0.5) is 0 Å². The predicted molar refractivity (Wildman–Crippen MR) is 73.8 cm³/mol. The van der Waals surface area contributed by atoms with E-state index in [4.69, 9.17) is 0 Å². The summed E-state index contributed by atoms with van der Waals surface area (Å²) < 4.78 is 0. The number of rotatable bonds is 5. The van der Waals surface area contributed by atoms with E-state index >= 15 is 0 Å². The monoisotopic (exact) mass is 266 g/mol. The third-order valence-electron chi connectivity index (χ3n) is 4.99. The Morgan fingerprint density at radius 1 is 1.05 bits per heavy atom. The lowest BCUT2D eigenvalue weighted by molar-refractivity contribution is -0.135. The number of carbonyl (C=O) groups excluding carboxylic acids is 1. The van der Waals surface area contributed by atoms with Gasteiger partial charge in [0.1, 0.15) is 0 Å². The van der Waals surface area contributed by atoms with Crippen LogP contribution in [0.5, 0.6) is 0 Å². The lowest BCUT2D eigenvalue weighted by atomic mass is 10.2. The molecule has 1 unspecified atom stereocenters. The maximum Gasteiger partial charge on any atom is 0.237 e. The smallest absolute Gasteiger partial charge is 0.237 e. The highest BCUT2D eigenvalue weighted by Crippen LogP contribution is 2.34. The summed E-state index contributed by atoms with van der Waals surface area (Å²) in [5, 5.41) is 9.35. The molecular weight excluding hydrogens is 240 g/mol. The molecule has 1 N–H and O–H groups in total. The van der Waals surface area contributed by atoms with Crippen LogP contribution in [0.25, 0.3) is 0 Å². The van der Waals surface area contributed by atoms with Gasteiger partial charge >= 0.3 is 0 Å². The largest absolute Gasteiger partial charge is 0.395 e. The molecule has 1 heterocycles. The Kier molecular flexibility index (Phi) is 4.08. The van der Waals surface area contributed by atoms with Gasteiger partial charge in [-0.2, -0.15) is 0 Å². The van der Waals surface area contributed by atoms with E-state index in [1.165, 1.54) is 38.5 Å². The zero-order valence-electron chi connectivity index (χ0n) is 11.8. The Bertz CT molecular complexity index is 324. The van der Waals surface area contributed by atoms with Crippen LogP contribution in [0.2, 0.25) is 0 Å². The standard InChI is InChI=1S/C15H26N2O2/c18-11-14-6-3-9-16(14)10-15(19)17(13-7-8-13)12-4-1-2-5-12/h12-14,18H,1-11H2. The Morgan fingerprint density at radius 2 is 1.74 bits per heavy atom. The van der Waals surface area contributed by atoms with Crippen LogP contribution in [-0.4, -0.2) is 58.6 Å². The van der Waals surface area contributed by atoms with Gasteiger partial charge in [0.25, 0.3) is 0 Å². The first-order chi connectivity index (χ1) is 9.29. The maximum atomic E-state index is 12.6. The molecule has 0 bridgehead atoms. The molecule has 2 saturated carbocycles. The van der Waals surface area contributed by atoms with E-state index < -0.39 is 0 Å². The summed E-state index contributed by atoms with van der Waals surface area (Å²) in [5.41, 5.74) is 0. The second-order valence-electron chi connectivity index (χ2n) is 6.42. The highest BCUT2D eigenvalue weighted by Gasteiger charge is 2.39. The van der Waals surface area contributed by atoms with Crippen molar-refractivity contribution < 1.29 is 9.90 Å². The fourth-order valence-electron chi connectivity index (χ4n) is 3.81. The third kappa shape index (κ3) is 2.95. The van der Waals surface area contributed by atoms with Gasteiger partial charge in [0.15, 0.2) is 0 Å². The van der Waals surface area contributed by atoms with Crippen LogP contribution in [0.1, 0.15) is 51.4 Å². The fourth-order valence-corrected chi connectivity index (χ4v) is 3.81. The topological polar surface area (TPSA) is 43.8 Å². The van der Waals surface area contributed by atoms with E-state index in [0.29, 0.717) is 24.5 Å². The molecule has 0 radical (unpaired) electrons. The number of hydrogen-bond acceptors (Lipinski definition) is 3. The van der Waals surface area contributed by atoms with Gasteiger partial charge in [-0.15, -0.1) is 0 Å². The number of amides is 1. The van der Waals surface area contributed by atoms with E-state index in [-0.39, 0.29) is 12.6 Å². The van der Waals surface area contributed by atoms with Gasteiger partial charge in [-0.3, -0.25) is 9.69 Å². The Labute approximate surface area is 115 Å². The molecule has 0 spiro atoms. The molecule has 3 rings (SSSR count). The lowest BCUT2D eigenvalue weighted by Gasteiger charge is -2.32. The van der Waals surface area contributed by atoms with Crippen LogP contribution < -0.4 is 0 Å². The highest BCUT2D eigenvalue weighted by atomic mass is 16.3. The van der Waals surface area contributed by atoms with Gasteiger partial charge in [0.05, 0.1) is 13.2 Å². The van der Waals surface area contributed by atoms with Gasteiger partial charge in [0.2, 0.25) is 5.91 Å². The molecule has 1 aliphatic heterocycles. The van der Waals surface area contributed by atoms with Crippen LogP contribution in [0.3, 0.4) is 0 Å². The van der Waals surface area contributed by atoms with Gasteiger partial charge in [-0.25, -0.2) is 0 Å². The van der Waals surface area contributed by atoms with E-state index in [1.54, 1.807) is 0 Å². The third-order valence-corrected chi connectivity index (χ3v) is 4.99. The number of nitrogens with zero attached hydrogens (tertiary/aromatic N) is 2.